The smallest absolute Gasteiger partial charge is 1.00 e. The van der Waals surface area contributed by atoms with E-state index in [0.717, 1.165) is 15.1 Å². The van der Waals surface area contributed by atoms with Crippen molar-refractivity contribution in [1.82, 2.24) is 0 Å². The predicted molar refractivity (Wildman–Crippen MR) is 117 cm³/mol. The molecule has 147 valence electrons. The van der Waals surface area contributed by atoms with Gasteiger partial charge in [0.15, 0.2) is 0 Å². The molecule has 0 N–H and O–H groups in total. The first-order chi connectivity index (χ1) is 12.0. The van der Waals surface area contributed by atoms with Gasteiger partial charge in [0.25, 0.3) is 0 Å². The summed E-state index contributed by atoms with van der Waals surface area (Å²) in [6.07, 6.45) is 0. The van der Waals surface area contributed by atoms with E-state index < -0.39 is 0 Å². The van der Waals surface area contributed by atoms with Crippen molar-refractivity contribution in [3.63, 3.8) is 0 Å². The van der Waals surface area contributed by atoms with Gasteiger partial charge in [-0.15, -0.1) is 81.2 Å². The number of aryl methyl sites for hydroxylation is 2. The van der Waals surface area contributed by atoms with E-state index in [2.05, 4.69) is 107 Å². The minimum Gasteiger partial charge on any atom is -1.00 e. The average Bonchev–Trinajstić information content (AvgIpc) is 3.16. The molecular formula is C24H29Cl2HfSi. The summed E-state index contributed by atoms with van der Waals surface area (Å²) in [6, 6.07) is 25.7. The van der Waals surface area contributed by atoms with Crippen LogP contribution in [0.2, 0.25) is 12.1 Å². The Bertz CT molecular complexity index is 771. The molecule has 4 aromatic carbocycles. The molecule has 4 rings (SSSR count). The largest absolute Gasteiger partial charge is 4.00 e. The second-order valence-corrected chi connectivity index (χ2v) is 8.90. The van der Waals surface area contributed by atoms with Crippen LogP contribution in [0.3, 0.4) is 0 Å². The van der Waals surface area contributed by atoms with Crippen LogP contribution in [-0.4, -0.2) is 9.52 Å². The van der Waals surface area contributed by atoms with E-state index in [0.29, 0.717) is 0 Å². The van der Waals surface area contributed by atoms with Crippen LogP contribution >= 0.6 is 0 Å². The van der Waals surface area contributed by atoms with Crippen LogP contribution in [0, 0.1) is 13.8 Å². The van der Waals surface area contributed by atoms with E-state index in [1.807, 2.05) is 0 Å². The van der Waals surface area contributed by atoms with Crippen molar-refractivity contribution in [1.29, 1.82) is 0 Å². The van der Waals surface area contributed by atoms with Crippen molar-refractivity contribution in [2.75, 3.05) is 0 Å². The Kier molecular flexibility index (Phi) is 16.0. The number of rotatable bonds is 1. The molecule has 1 radical (unpaired) electrons. The maximum atomic E-state index is 2.28. The third kappa shape index (κ3) is 9.69. The Hall–Kier alpha value is -0.673. The third-order valence-electron chi connectivity index (χ3n) is 4.19. The first-order valence-corrected chi connectivity index (χ1v) is 10.9. The summed E-state index contributed by atoms with van der Waals surface area (Å²) in [5, 5.41) is 5.39. The molecule has 0 aliphatic rings. The quantitative estimate of drug-likeness (QED) is 0.228. The van der Waals surface area contributed by atoms with Crippen LogP contribution in [0.25, 0.3) is 21.5 Å². The molecule has 28 heavy (non-hydrogen) atoms. The molecule has 0 aliphatic heterocycles. The second kappa shape index (κ2) is 15.2. The Morgan fingerprint density at radius 3 is 1.32 bits per heavy atom. The Morgan fingerprint density at radius 2 is 1.04 bits per heavy atom. The fourth-order valence-corrected chi connectivity index (χ4v) is 2.61. The summed E-state index contributed by atoms with van der Waals surface area (Å²) in [5.74, 6) is 0. The van der Waals surface area contributed by atoms with Gasteiger partial charge in [-0.25, -0.2) is 0 Å². The summed E-state index contributed by atoms with van der Waals surface area (Å²) in [4.78, 5) is 0. The van der Waals surface area contributed by atoms with Crippen LogP contribution in [0.1, 0.15) is 25.0 Å². The predicted octanol–water partition coefficient (Wildman–Crippen LogP) is 1.04. The van der Waals surface area contributed by atoms with Crippen molar-refractivity contribution in [3.05, 3.63) is 83.9 Å². The molecule has 0 saturated carbocycles. The van der Waals surface area contributed by atoms with Crippen LogP contribution < -0.4 is 24.8 Å². The third-order valence-corrected chi connectivity index (χ3v) is 5.52. The number of fused-ring (bicyclic) bond motifs is 2. The van der Waals surface area contributed by atoms with E-state index in [9.17, 15) is 0 Å². The van der Waals surface area contributed by atoms with Gasteiger partial charge in [0, 0.05) is 9.52 Å². The molecule has 4 aromatic rings. The fourth-order valence-electron chi connectivity index (χ4n) is 2.61. The average molecular weight is 595 g/mol. The zero-order valence-electron chi connectivity index (χ0n) is 17.3. The zero-order valence-corrected chi connectivity index (χ0v) is 23.6. The standard InChI is InChI=1S/2C10H9.C4H11Si.2ClH.Hf/c2*1-8-6-9-4-2-3-5-10(9)7-8;1-4(2)5-3;;;/h2*2-7H,1H3;4-5H,1-3H3;2*1H;/q2*-1;;;;+4/p-2. The molecule has 0 fully saturated rings. The van der Waals surface area contributed by atoms with Gasteiger partial charge >= 0.3 is 25.8 Å². The molecule has 0 aliphatic carbocycles. The van der Waals surface area contributed by atoms with Crippen molar-refractivity contribution in [2.24, 2.45) is 0 Å². The molecule has 0 unspecified atom stereocenters. The van der Waals surface area contributed by atoms with E-state index in [1.165, 1.54) is 32.7 Å². The number of hydrogen-bond acceptors (Lipinski definition) is 0. The minimum atomic E-state index is 0. The van der Waals surface area contributed by atoms with Crippen LogP contribution in [0.15, 0.2) is 72.8 Å². The second-order valence-electron chi connectivity index (χ2n) is 6.90. The molecule has 0 atom stereocenters. The van der Waals surface area contributed by atoms with Crippen LogP contribution in [-0.2, 0) is 25.8 Å². The van der Waals surface area contributed by atoms with Gasteiger partial charge in [-0.05, 0) is 0 Å². The van der Waals surface area contributed by atoms with Gasteiger partial charge in [0.2, 0.25) is 0 Å². The van der Waals surface area contributed by atoms with E-state index in [-0.39, 0.29) is 50.7 Å². The molecule has 0 amide bonds. The molecule has 4 heteroatoms. The van der Waals surface area contributed by atoms with Crippen molar-refractivity contribution in [2.45, 2.75) is 39.8 Å². The van der Waals surface area contributed by atoms with Gasteiger partial charge in [0.05, 0.1) is 0 Å². The first-order valence-electron chi connectivity index (χ1n) is 9.03. The van der Waals surface area contributed by atoms with Crippen molar-refractivity contribution >= 4 is 31.1 Å². The Labute approximate surface area is 204 Å². The van der Waals surface area contributed by atoms with E-state index in [1.54, 1.807) is 0 Å². The van der Waals surface area contributed by atoms with E-state index in [4.69, 9.17) is 0 Å². The molecular weight excluding hydrogens is 566 g/mol. The Morgan fingerprint density at radius 1 is 0.714 bits per heavy atom. The summed E-state index contributed by atoms with van der Waals surface area (Å²) in [6.45, 7) is 11.1. The normalized spacial score (nSPS) is 9.21. The van der Waals surface area contributed by atoms with Crippen molar-refractivity contribution in [3.8, 4) is 0 Å². The molecule has 0 saturated heterocycles. The molecule has 0 heterocycles. The molecule has 0 nitrogen and oxygen atoms in total. The summed E-state index contributed by atoms with van der Waals surface area (Å²) < 4.78 is 0. The number of halogens is 2. The fraction of sp³-hybridized carbons (Fsp3) is 0.250. The molecule has 0 spiro atoms. The maximum absolute atomic E-state index is 2.28. The van der Waals surface area contributed by atoms with Gasteiger partial charge in [0.1, 0.15) is 0 Å². The number of benzene rings is 2. The van der Waals surface area contributed by atoms with Crippen LogP contribution in [0.4, 0.5) is 0 Å². The van der Waals surface area contributed by atoms with Gasteiger partial charge in [-0.2, -0.15) is 12.1 Å². The zero-order chi connectivity index (χ0) is 18.2. The molecule has 0 bridgehead atoms. The summed E-state index contributed by atoms with van der Waals surface area (Å²) in [7, 11) is 0.731. The van der Waals surface area contributed by atoms with Gasteiger partial charge in [-0.3, -0.25) is 0 Å². The molecule has 0 aromatic heterocycles. The SMILES string of the molecule is C[SiH]C(C)C.Cc1cc2ccccc2[cH-]1.Cc1cc2ccccc2[cH-]1.[Cl-].[Cl-].[Hf+4]. The van der Waals surface area contributed by atoms with Crippen molar-refractivity contribution < 1.29 is 50.7 Å². The summed E-state index contributed by atoms with van der Waals surface area (Å²) >= 11 is 0. The van der Waals surface area contributed by atoms with Crippen LogP contribution in [0.5, 0.6) is 0 Å². The first kappa shape index (κ1) is 29.5. The minimum absolute atomic E-state index is 0. The summed E-state index contributed by atoms with van der Waals surface area (Å²) in [5.41, 5.74) is 3.66. The topological polar surface area (TPSA) is 0 Å². The monoisotopic (exact) mass is 595 g/mol. The maximum Gasteiger partial charge on any atom is 4.00 e. The Balaban J connectivity index is 0. The number of hydrogen-bond donors (Lipinski definition) is 0. The van der Waals surface area contributed by atoms with Gasteiger partial charge < -0.3 is 24.8 Å². The van der Waals surface area contributed by atoms with E-state index >= 15 is 0 Å². The van der Waals surface area contributed by atoms with Gasteiger partial charge in [-0.1, -0.05) is 51.9 Å².